The Kier molecular flexibility index (Phi) is 6.69. The van der Waals surface area contributed by atoms with Crippen LogP contribution < -0.4 is 15.6 Å². The van der Waals surface area contributed by atoms with Crippen molar-refractivity contribution in [3.05, 3.63) is 75.3 Å². The molecule has 0 heterocycles. The summed E-state index contributed by atoms with van der Waals surface area (Å²) >= 11 is 5.73. The number of carbonyl (C=O) groups excluding carboxylic acids is 2. The number of rotatable bonds is 6. The van der Waals surface area contributed by atoms with E-state index in [1.54, 1.807) is 30.3 Å². The Bertz CT molecular complexity index is 837. The molecule has 0 atom stereocenters. The number of hydrazine groups is 1. The number of nitro groups is 1. The molecule has 8 nitrogen and oxygen atoms in total. The molecule has 2 rings (SSSR count). The first-order chi connectivity index (χ1) is 12.4. The molecule has 134 valence electrons. The van der Waals surface area contributed by atoms with Crippen LogP contribution in [0.15, 0.2) is 54.6 Å². The van der Waals surface area contributed by atoms with E-state index in [0.29, 0.717) is 16.3 Å². The van der Waals surface area contributed by atoms with Crippen molar-refractivity contribution >= 4 is 35.2 Å². The van der Waals surface area contributed by atoms with Gasteiger partial charge >= 0.3 is 0 Å². The lowest BCUT2D eigenvalue weighted by Crippen LogP contribution is -2.43. The van der Waals surface area contributed by atoms with Gasteiger partial charge in [0.25, 0.3) is 17.5 Å². The average Bonchev–Trinajstić information content (AvgIpc) is 2.64. The van der Waals surface area contributed by atoms with Crippen LogP contribution >= 0.6 is 11.6 Å². The molecule has 2 amide bonds. The van der Waals surface area contributed by atoms with Gasteiger partial charge < -0.3 is 4.74 Å². The molecule has 9 heteroatoms. The van der Waals surface area contributed by atoms with Gasteiger partial charge in [-0.2, -0.15) is 0 Å². The topological polar surface area (TPSA) is 111 Å². The van der Waals surface area contributed by atoms with Gasteiger partial charge in [0, 0.05) is 23.2 Å². The fourth-order valence-electron chi connectivity index (χ4n) is 1.80. The van der Waals surface area contributed by atoms with Gasteiger partial charge in [0.05, 0.1) is 4.92 Å². The molecule has 0 radical (unpaired) electrons. The first kappa shape index (κ1) is 18.9. The van der Waals surface area contributed by atoms with Crippen molar-refractivity contribution in [2.75, 3.05) is 6.61 Å². The fourth-order valence-corrected chi connectivity index (χ4v) is 1.93. The fraction of sp³-hybridized carbons (Fsp3) is 0.0588. The van der Waals surface area contributed by atoms with Crippen molar-refractivity contribution in [1.82, 2.24) is 10.9 Å². The van der Waals surface area contributed by atoms with Crippen LogP contribution in [0.5, 0.6) is 5.75 Å². The summed E-state index contributed by atoms with van der Waals surface area (Å²) in [5.74, 6) is -0.699. The molecule has 0 bridgehead atoms. The Balaban J connectivity index is 1.77. The maximum atomic E-state index is 11.6. The van der Waals surface area contributed by atoms with E-state index in [1.165, 1.54) is 24.3 Å². The average molecular weight is 376 g/mol. The van der Waals surface area contributed by atoms with Crippen LogP contribution in [-0.2, 0) is 9.59 Å². The minimum atomic E-state index is -0.601. The maximum Gasteiger partial charge on any atom is 0.276 e. The Morgan fingerprint density at radius 2 is 1.88 bits per heavy atom. The summed E-state index contributed by atoms with van der Waals surface area (Å²) in [6.07, 6.45) is 2.53. The molecule has 0 unspecified atom stereocenters. The van der Waals surface area contributed by atoms with Crippen LogP contribution in [0.2, 0.25) is 5.02 Å². The third-order valence-corrected chi connectivity index (χ3v) is 3.27. The molecule has 0 spiro atoms. The minimum absolute atomic E-state index is 0.0831. The van der Waals surface area contributed by atoms with E-state index in [0.717, 1.165) is 6.08 Å². The highest BCUT2D eigenvalue weighted by Crippen LogP contribution is 2.15. The maximum absolute atomic E-state index is 11.6. The molecule has 2 aromatic rings. The van der Waals surface area contributed by atoms with Crippen LogP contribution in [0, 0.1) is 10.1 Å². The Morgan fingerprint density at radius 3 is 2.58 bits per heavy atom. The highest BCUT2D eigenvalue weighted by atomic mass is 35.5. The molecule has 2 N–H and O–H groups in total. The number of hydrogen-bond acceptors (Lipinski definition) is 5. The summed E-state index contributed by atoms with van der Waals surface area (Å²) in [6, 6.07) is 12.2. The van der Waals surface area contributed by atoms with Crippen molar-refractivity contribution in [2.45, 2.75) is 0 Å². The molecule has 0 aliphatic rings. The second-order valence-electron chi connectivity index (χ2n) is 4.97. The van der Waals surface area contributed by atoms with Gasteiger partial charge in [-0.1, -0.05) is 23.7 Å². The van der Waals surface area contributed by atoms with Crippen molar-refractivity contribution in [1.29, 1.82) is 0 Å². The quantitative estimate of drug-likeness (QED) is 0.458. The molecular formula is C17H14ClN3O5. The van der Waals surface area contributed by atoms with E-state index in [9.17, 15) is 19.7 Å². The Labute approximate surface area is 153 Å². The molecule has 0 aliphatic heterocycles. The zero-order chi connectivity index (χ0) is 18.9. The lowest BCUT2D eigenvalue weighted by atomic mass is 10.2. The van der Waals surface area contributed by atoms with E-state index in [-0.39, 0.29) is 12.3 Å². The summed E-state index contributed by atoms with van der Waals surface area (Å²) in [6.45, 7) is -0.295. The summed E-state index contributed by atoms with van der Waals surface area (Å²) in [5, 5.41) is 11.2. The SMILES string of the molecule is O=C(/C=C/c1cccc([N+](=O)[O-])c1)NNC(=O)COc1ccc(Cl)cc1. The smallest absolute Gasteiger partial charge is 0.276 e. The van der Waals surface area contributed by atoms with Gasteiger partial charge in [0.15, 0.2) is 6.61 Å². The van der Waals surface area contributed by atoms with Gasteiger partial charge in [-0.15, -0.1) is 0 Å². The summed E-state index contributed by atoms with van der Waals surface area (Å²) < 4.78 is 5.22. The molecule has 0 saturated heterocycles. The molecule has 0 aliphatic carbocycles. The lowest BCUT2D eigenvalue weighted by molar-refractivity contribution is -0.384. The van der Waals surface area contributed by atoms with Crippen LogP contribution in [0.25, 0.3) is 6.08 Å². The predicted octanol–water partition coefficient (Wildman–Crippen LogP) is 2.49. The monoisotopic (exact) mass is 375 g/mol. The van der Waals surface area contributed by atoms with Gasteiger partial charge in [-0.25, -0.2) is 0 Å². The number of nitrogens with one attached hydrogen (secondary N) is 2. The second-order valence-corrected chi connectivity index (χ2v) is 5.40. The number of benzene rings is 2. The largest absolute Gasteiger partial charge is 0.484 e. The van der Waals surface area contributed by atoms with E-state index in [2.05, 4.69) is 10.9 Å². The lowest BCUT2D eigenvalue weighted by Gasteiger charge is -2.07. The number of non-ortho nitro benzene ring substituents is 1. The molecule has 0 aromatic heterocycles. The zero-order valence-electron chi connectivity index (χ0n) is 13.3. The number of nitro benzene ring substituents is 1. The summed E-state index contributed by atoms with van der Waals surface area (Å²) in [4.78, 5) is 33.4. The number of nitrogens with zero attached hydrogens (tertiary/aromatic N) is 1. The number of hydrogen-bond donors (Lipinski definition) is 2. The number of carbonyl (C=O) groups is 2. The first-order valence-electron chi connectivity index (χ1n) is 7.34. The van der Waals surface area contributed by atoms with Crippen LogP contribution in [0.4, 0.5) is 5.69 Å². The molecule has 0 fully saturated rings. The van der Waals surface area contributed by atoms with Gasteiger partial charge in [-0.3, -0.25) is 30.6 Å². The number of ether oxygens (including phenoxy) is 1. The van der Waals surface area contributed by atoms with Crippen molar-refractivity contribution in [2.24, 2.45) is 0 Å². The summed E-state index contributed by atoms with van der Waals surface area (Å²) in [7, 11) is 0. The van der Waals surface area contributed by atoms with E-state index in [1.807, 2.05) is 0 Å². The standard InChI is InChI=1S/C17H14ClN3O5/c18-13-5-7-15(8-6-13)26-11-17(23)20-19-16(22)9-4-12-2-1-3-14(10-12)21(24)25/h1-10H,11H2,(H,19,22)(H,20,23)/b9-4+. The van der Waals surface area contributed by atoms with E-state index in [4.69, 9.17) is 16.3 Å². The predicted molar refractivity (Wildman–Crippen MR) is 95.4 cm³/mol. The van der Waals surface area contributed by atoms with Crippen molar-refractivity contribution < 1.29 is 19.2 Å². The van der Waals surface area contributed by atoms with Gasteiger partial charge in [-0.05, 0) is 35.9 Å². The van der Waals surface area contributed by atoms with Crippen molar-refractivity contribution in [3.8, 4) is 5.75 Å². The molecular weight excluding hydrogens is 362 g/mol. The third kappa shape index (κ3) is 6.25. The van der Waals surface area contributed by atoms with E-state index >= 15 is 0 Å². The molecule has 26 heavy (non-hydrogen) atoms. The first-order valence-corrected chi connectivity index (χ1v) is 7.71. The van der Waals surface area contributed by atoms with Crippen LogP contribution in [0.1, 0.15) is 5.56 Å². The van der Waals surface area contributed by atoms with Crippen LogP contribution in [-0.4, -0.2) is 23.3 Å². The Morgan fingerprint density at radius 1 is 1.15 bits per heavy atom. The Hall–Kier alpha value is -3.39. The highest BCUT2D eigenvalue weighted by Gasteiger charge is 2.05. The van der Waals surface area contributed by atoms with Crippen molar-refractivity contribution in [3.63, 3.8) is 0 Å². The minimum Gasteiger partial charge on any atom is -0.484 e. The van der Waals surface area contributed by atoms with Gasteiger partial charge in [0.2, 0.25) is 0 Å². The third-order valence-electron chi connectivity index (χ3n) is 3.02. The second kappa shape index (κ2) is 9.19. The van der Waals surface area contributed by atoms with Crippen LogP contribution in [0.3, 0.4) is 0 Å². The highest BCUT2D eigenvalue weighted by molar-refractivity contribution is 6.30. The number of halogens is 1. The van der Waals surface area contributed by atoms with E-state index < -0.39 is 16.7 Å². The number of amides is 2. The van der Waals surface area contributed by atoms with Gasteiger partial charge in [0.1, 0.15) is 5.75 Å². The normalized spacial score (nSPS) is 10.3. The molecule has 0 saturated carbocycles. The molecule has 2 aromatic carbocycles. The summed E-state index contributed by atoms with van der Waals surface area (Å²) in [5.41, 5.74) is 4.75. The zero-order valence-corrected chi connectivity index (χ0v) is 14.1.